The number of halogens is 3. The molecular formula is C11H7BrCl2N2O. The lowest BCUT2D eigenvalue weighted by Gasteiger charge is -2.09. The van der Waals surface area contributed by atoms with Crippen LogP contribution in [0.3, 0.4) is 0 Å². The summed E-state index contributed by atoms with van der Waals surface area (Å²) in [6, 6.07) is 5.32. The molecule has 0 unspecified atom stereocenters. The molecule has 1 aromatic carbocycles. The number of nitrogens with zero attached hydrogens (tertiary/aromatic N) is 2. The zero-order valence-corrected chi connectivity index (χ0v) is 11.8. The predicted molar refractivity (Wildman–Crippen MR) is 71.7 cm³/mol. The first-order chi connectivity index (χ1) is 8.13. The molecule has 88 valence electrons. The van der Waals surface area contributed by atoms with Gasteiger partial charge in [0.1, 0.15) is 10.8 Å². The van der Waals surface area contributed by atoms with Crippen LogP contribution in [-0.2, 0) is 0 Å². The minimum Gasteiger partial charge on any atom is -0.495 e. The standard InChI is InChI=1S/C11H7BrCl2N2O/c1-17-8-3-2-6(9(13)10(8)14)7-4-5-15-11(12)16-7/h2-5H,1H3. The zero-order valence-electron chi connectivity index (χ0n) is 8.75. The molecule has 0 atom stereocenters. The van der Waals surface area contributed by atoms with E-state index in [0.29, 0.717) is 26.2 Å². The van der Waals surface area contributed by atoms with Gasteiger partial charge in [0.2, 0.25) is 0 Å². The van der Waals surface area contributed by atoms with E-state index < -0.39 is 0 Å². The van der Waals surface area contributed by atoms with E-state index in [4.69, 9.17) is 27.9 Å². The largest absolute Gasteiger partial charge is 0.495 e. The summed E-state index contributed by atoms with van der Waals surface area (Å²) in [4.78, 5) is 8.18. The predicted octanol–water partition coefficient (Wildman–Crippen LogP) is 4.22. The van der Waals surface area contributed by atoms with Gasteiger partial charge in [-0.3, -0.25) is 0 Å². The fraction of sp³-hybridized carbons (Fsp3) is 0.0909. The number of ether oxygens (including phenoxy) is 1. The second-order valence-corrected chi connectivity index (χ2v) is 4.62. The Hall–Kier alpha value is -0.840. The normalized spacial score (nSPS) is 10.4. The highest BCUT2D eigenvalue weighted by Crippen LogP contribution is 2.38. The lowest BCUT2D eigenvalue weighted by molar-refractivity contribution is 0.415. The summed E-state index contributed by atoms with van der Waals surface area (Å²) in [5, 5.41) is 0.790. The quantitative estimate of drug-likeness (QED) is 0.772. The van der Waals surface area contributed by atoms with Gasteiger partial charge in [0.15, 0.2) is 4.73 Å². The molecule has 6 heteroatoms. The molecule has 0 aliphatic rings. The van der Waals surface area contributed by atoms with Crippen molar-refractivity contribution in [3.05, 3.63) is 39.2 Å². The van der Waals surface area contributed by atoms with E-state index in [0.717, 1.165) is 5.56 Å². The Kier molecular flexibility index (Phi) is 3.86. The van der Waals surface area contributed by atoms with Crippen LogP contribution < -0.4 is 4.74 Å². The van der Waals surface area contributed by atoms with Gasteiger partial charge in [-0.05, 0) is 34.1 Å². The molecular weight excluding hydrogens is 327 g/mol. The van der Waals surface area contributed by atoms with E-state index in [-0.39, 0.29) is 0 Å². The third kappa shape index (κ3) is 2.54. The lowest BCUT2D eigenvalue weighted by atomic mass is 10.1. The molecule has 0 amide bonds. The van der Waals surface area contributed by atoms with E-state index in [1.54, 1.807) is 25.4 Å². The summed E-state index contributed by atoms with van der Waals surface area (Å²) < 4.78 is 5.58. The van der Waals surface area contributed by atoms with Gasteiger partial charge in [-0.2, -0.15) is 0 Å². The van der Waals surface area contributed by atoms with E-state index in [9.17, 15) is 0 Å². The van der Waals surface area contributed by atoms with Crippen LogP contribution in [0.4, 0.5) is 0 Å². The van der Waals surface area contributed by atoms with Gasteiger partial charge in [0.25, 0.3) is 0 Å². The first-order valence-electron chi connectivity index (χ1n) is 4.64. The minimum atomic E-state index is 0.376. The number of aromatic nitrogens is 2. The molecule has 0 fully saturated rings. The first kappa shape index (κ1) is 12.6. The Balaban J connectivity index is 2.57. The van der Waals surface area contributed by atoms with Crippen LogP contribution in [0.1, 0.15) is 0 Å². The molecule has 0 saturated heterocycles. The van der Waals surface area contributed by atoms with Crippen molar-refractivity contribution in [1.82, 2.24) is 9.97 Å². The molecule has 3 nitrogen and oxygen atoms in total. The van der Waals surface area contributed by atoms with Crippen molar-refractivity contribution in [1.29, 1.82) is 0 Å². The highest BCUT2D eigenvalue weighted by molar-refractivity contribution is 9.10. The second kappa shape index (κ2) is 5.21. The van der Waals surface area contributed by atoms with Gasteiger partial charge in [-0.15, -0.1) is 0 Å². The van der Waals surface area contributed by atoms with Crippen LogP contribution in [-0.4, -0.2) is 17.1 Å². The maximum absolute atomic E-state index is 6.18. The Morgan fingerprint density at radius 2 is 1.94 bits per heavy atom. The third-order valence-electron chi connectivity index (χ3n) is 2.17. The van der Waals surface area contributed by atoms with Gasteiger partial charge in [-0.25, -0.2) is 9.97 Å². The summed E-state index contributed by atoms with van der Waals surface area (Å²) in [7, 11) is 1.54. The topological polar surface area (TPSA) is 35.0 Å². The maximum Gasteiger partial charge on any atom is 0.197 e. The first-order valence-corrected chi connectivity index (χ1v) is 6.19. The number of benzene rings is 1. The van der Waals surface area contributed by atoms with E-state index in [1.807, 2.05) is 6.07 Å². The van der Waals surface area contributed by atoms with Crippen molar-refractivity contribution >= 4 is 39.1 Å². The number of methoxy groups -OCH3 is 1. The fourth-order valence-electron chi connectivity index (χ4n) is 1.37. The Morgan fingerprint density at radius 1 is 1.18 bits per heavy atom. The minimum absolute atomic E-state index is 0.376. The maximum atomic E-state index is 6.18. The lowest BCUT2D eigenvalue weighted by Crippen LogP contribution is -1.90. The Bertz CT molecular complexity index is 563. The second-order valence-electron chi connectivity index (χ2n) is 3.15. The van der Waals surface area contributed by atoms with Crippen LogP contribution in [0.25, 0.3) is 11.3 Å². The Morgan fingerprint density at radius 3 is 2.59 bits per heavy atom. The van der Waals surface area contributed by atoms with Gasteiger partial charge in [0.05, 0.1) is 17.8 Å². The summed E-state index contributed by atoms with van der Waals surface area (Å²) in [5.74, 6) is 0.536. The zero-order chi connectivity index (χ0) is 12.4. The van der Waals surface area contributed by atoms with E-state index in [2.05, 4.69) is 25.9 Å². The van der Waals surface area contributed by atoms with Gasteiger partial charge < -0.3 is 4.74 Å². The van der Waals surface area contributed by atoms with Crippen molar-refractivity contribution in [3.63, 3.8) is 0 Å². The molecule has 17 heavy (non-hydrogen) atoms. The molecule has 2 aromatic rings. The van der Waals surface area contributed by atoms with Crippen LogP contribution in [0.5, 0.6) is 5.75 Å². The number of hydrogen-bond donors (Lipinski definition) is 0. The van der Waals surface area contributed by atoms with Gasteiger partial charge >= 0.3 is 0 Å². The van der Waals surface area contributed by atoms with Gasteiger partial charge in [-0.1, -0.05) is 23.2 Å². The fourth-order valence-corrected chi connectivity index (χ4v) is 2.18. The average molecular weight is 334 g/mol. The van der Waals surface area contributed by atoms with Crippen LogP contribution in [0, 0.1) is 0 Å². The summed E-state index contributed by atoms with van der Waals surface area (Å²) in [6.07, 6.45) is 1.64. The molecule has 1 heterocycles. The smallest absolute Gasteiger partial charge is 0.197 e. The molecule has 0 saturated carbocycles. The van der Waals surface area contributed by atoms with Crippen LogP contribution >= 0.6 is 39.1 Å². The van der Waals surface area contributed by atoms with Gasteiger partial charge in [0, 0.05) is 11.8 Å². The molecule has 0 aliphatic heterocycles. The molecule has 2 rings (SSSR count). The monoisotopic (exact) mass is 332 g/mol. The average Bonchev–Trinajstić information content (AvgIpc) is 2.32. The van der Waals surface area contributed by atoms with E-state index >= 15 is 0 Å². The molecule has 1 aromatic heterocycles. The van der Waals surface area contributed by atoms with Crippen LogP contribution in [0.15, 0.2) is 29.1 Å². The SMILES string of the molecule is COc1ccc(-c2ccnc(Br)n2)c(Cl)c1Cl. The summed E-state index contributed by atoms with van der Waals surface area (Å²) in [6.45, 7) is 0. The van der Waals surface area contributed by atoms with Crippen molar-refractivity contribution in [3.8, 4) is 17.0 Å². The molecule has 0 radical (unpaired) electrons. The van der Waals surface area contributed by atoms with Crippen LogP contribution in [0.2, 0.25) is 10.0 Å². The molecule has 0 N–H and O–H groups in total. The highest BCUT2D eigenvalue weighted by atomic mass is 79.9. The number of hydrogen-bond acceptors (Lipinski definition) is 3. The third-order valence-corrected chi connectivity index (χ3v) is 3.42. The molecule has 0 bridgehead atoms. The van der Waals surface area contributed by atoms with Crippen molar-refractivity contribution in [2.45, 2.75) is 0 Å². The summed E-state index contributed by atoms with van der Waals surface area (Å²) >= 11 is 15.5. The molecule has 0 spiro atoms. The number of rotatable bonds is 2. The van der Waals surface area contributed by atoms with Crippen molar-refractivity contribution < 1.29 is 4.74 Å². The highest BCUT2D eigenvalue weighted by Gasteiger charge is 2.13. The molecule has 0 aliphatic carbocycles. The van der Waals surface area contributed by atoms with Crippen molar-refractivity contribution in [2.24, 2.45) is 0 Å². The summed E-state index contributed by atoms with van der Waals surface area (Å²) in [5.41, 5.74) is 1.43. The van der Waals surface area contributed by atoms with Crippen molar-refractivity contribution in [2.75, 3.05) is 7.11 Å². The van der Waals surface area contributed by atoms with E-state index in [1.165, 1.54) is 0 Å². The Labute approximate surface area is 117 Å².